The van der Waals surface area contributed by atoms with Crippen molar-refractivity contribution in [2.45, 2.75) is 6.42 Å². The van der Waals surface area contributed by atoms with Gasteiger partial charge in [0.2, 0.25) is 0 Å². The molecule has 0 aliphatic rings. The molecule has 2 nitrogen and oxygen atoms in total. The smallest absolute Gasteiger partial charge is 0.165 e. The summed E-state index contributed by atoms with van der Waals surface area (Å²) in [6.45, 7) is 0.175. The van der Waals surface area contributed by atoms with Crippen molar-refractivity contribution in [2.24, 2.45) is 5.73 Å². The van der Waals surface area contributed by atoms with E-state index in [-0.39, 0.29) is 24.3 Å². The standard InChI is InChI=1S/C8H9F2NO/c9-6-1-2-7(12)5(3-4-11)8(6)10/h1-2,12H,3-4,11H2. The third kappa shape index (κ3) is 1.53. The lowest BCUT2D eigenvalue weighted by atomic mass is 10.1. The summed E-state index contributed by atoms with van der Waals surface area (Å²) in [6.07, 6.45) is 0.134. The van der Waals surface area contributed by atoms with E-state index in [1.54, 1.807) is 0 Å². The van der Waals surface area contributed by atoms with Crippen LogP contribution in [-0.2, 0) is 6.42 Å². The average Bonchev–Trinajstić information content (AvgIpc) is 2.06. The van der Waals surface area contributed by atoms with Gasteiger partial charge in [0.25, 0.3) is 0 Å². The highest BCUT2D eigenvalue weighted by molar-refractivity contribution is 5.34. The minimum atomic E-state index is -1.01. The van der Waals surface area contributed by atoms with E-state index in [4.69, 9.17) is 10.8 Å². The van der Waals surface area contributed by atoms with E-state index >= 15 is 0 Å². The Morgan fingerprint density at radius 1 is 1.33 bits per heavy atom. The van der Waals surface area contributed by atoms with Crippen molar-refractivity contribution >= 4 is 0 Å². The molecular formula is C8H9F2NO. The van der Waals surface area contributed by atoms with E-state index in [9.17, 15) is 8.78 Å². The highest BCUT2D eigenvalue weighted by atomic mass is 19.2. The summed E-state index contributed by atoms with van der Waals surface area (Å²) in [4.78, 5) is 0. The SMILES string of the molecule is NCCc1c(O)ccc(F)c1F. The number of hydrogen-bond donors (Lipinski definition) is 2. The quantitative estimate of drug-likeness (QED) is 0.705. The number of benzene rings is 1. The molecule has 1 aromatic carbocycles. The maximum atomic E-state index is 12.9. The third-order valence-corrected chi connectivity index (χ3v) is 1.57. The normalized spacial score (nSPS) is 10.2. The van der Waals surface area contributed by atoms with Crippen LogP contribution in [-0.4, -0.2) is 11.7 Å². The molecule has 3 N–H and O–H groups in total. The van der Waals surface area contributed by atoms with Gasteiger partial charge in [-0.3, -0.25) is 0 Å². The molecule has 0 amide bonds. The van der Waals surface area contributed by atoms with Crippen LogP contribution in [0.25, 0.3) is 0 Å². The highest BCUT2D eigenvalue weighted by Crippen LogP contribution is 2.22. The highest BCUT2D eigenvalue weighted by Gasteiger charge is 2.11. The number of halogens is 2. The van der Waals surface area contributed by atoms with Gasteiger partial charge in [0.1, 0.15) is 5.75 Å². The predicted molar refractivity (Wildman–Crippen MR) is 40.8 cm³/mol. The molecule has 0 unspecified atom stereocenters. The van der Waals surface area contributed by atoms with Gasteiger partial charge in [-0.15, -0.1) is 0 Å². The number of nitrogens with two attached hydrogens (primary N) is 1. The Morgan fingerprint density at radius 2 is 2.00 bits per heavy atom. The van der Waals surface area contributed by atoms with Gasteiger partial charge in [-0.2, -0.15) is 0 Å². The lowest BCUT2D eigenvalue weighted by Crippen LogP contribution is -2.05. The van der Waals surface area contributed by atoms with Crippen LogP contribution in [0, 0.1) is 11.6 Å². The van der Waals surface area contributed by atoms with Crippen molar-refractivity contribution in [3.8, 4) is 5.75 Å². The van der Waals surface area contributed by atoms with Crippen LogP contribution >= 0.6 is 0 Å². The molecule has 0 radical (unpaired) electrons. The van der Waals surface area contributed by atoms with Crippen molar-refractivity contribution in [2.75, 3.05) is 6.54 Å². The van der Waals surface area contributed by atoms with Gasteiger partial charge in [-0.1, -0.05) is 0 Å². The first kappa shape index (κ1) is 8.93. The zero-order valence-electron chi connectivity index (χ0n) is 6.35. The van der Waals surface area contributed by atoms with Crippen molar-refractivity contribution in [1.29, 1.82) is 0 Å². The summed E-state index contributed by atoms with van der Waals surface area (Å²) in [5.74, 6) is -2.23. The minimum Gasteiger partial charge on any atom is -0.508 e. The maximum Gasteiger partial charge on any atom is 0.165 e. The first-order chi connectivity index (χ1) is 5.66. The number of hydrogen-bond acceptors (Lipinski definition) is 2. The summed E-state index contributed by atoms with van der Waals surface area (Å²) in [7, 11) is 0. The average molecular weight is 173 g/mol. The first-order valence-electron chi connectivity index (χ1n) is 3.52. The molecular weight excluding hydrogens is 164 g/mol. The van der Waals surface area contributed by atoms with Crippen LogP contribution < -0.4 is 5.73 Å². The Balaban J connectivity index is 3.14. The van der Waals surface area contributed by atoms with E-state index in [2.05, 4.69) is 0 Å². The molecule has 0 atom stereocenters. The molecule has 1 aromatic rings. The maximum absolute atomic E-state index is 12.9. The predicted octanol–water partition coefficient (Wildman–Crippen LogP) is 1.17. The van der Waals surface area contributed by atoms with E-state index in [0.29, 0.717) is 0 Å². The van der Waals surface area contributed by atoms with Crippen molar-refractivity contribution in [1.82, 2.24) is 0 Å². The summed E-state index contributed by atoms with van der Waals surface area (Å²) in [5, 5.41) is 9.08. The Hall–Kier alpha value is -1.16. The Morgan fingerprint density at radius 3 is 2.58 bits per heavy atom. The molecule has 0 saturated heterocycles. The summed E-state index contributed by atoms with van der Waals surface area (Å²) in [6, 6.07) is 1.99. The fourth-order valence-electron chi connectivity index (χ4n) is 0.965. The Bertz CT molecular complexity index is 289. The van der Waals surface area contributed by atoms with Gasteiger partial charge in [0.15, 0.2) is 11.6 Å². The van der Waals surface area contributed by atoms with Gasteiger partial charge in [0, 0.05) is 5.56 Å². The monoisotopic (exact) mass is 173 g/mol. The van der Waals surface area contributed by atoms with E-state index in [1.165, 1.54) is 0 Å². The van der Waals surface area contributed by atoms with Gasteiger partial charge >= 0.3 is 0 Å². The molecule has 66 valence electrons. The van der Waals surface area contributed by atoms with Crippen molar-refractivity contribution < 1.29 is 13.9 Å². The molecule has 0 aliphatic carbocycles. The third-order valence-electron chi connectivity index (χ3n) is 1.57. The molecule has 0 aromatic heterocycles. The number of aromatic hydroxyl groups is 1. The van der Waals surface area contributed by atoms with Crippen LogP contribution in [0.2, 0.25) is 0 Å². The van der Waals surface area contributed by atoms with Gasteiger partial charge in [0.05, 0.1) is 0 Å². The zero-order chi connectivity index (χ0) is 9.14. The molecule has 12 heavy (non-hydrogen) atoms. The molecule has 0 bridgehead atoms. The minimum absolute atomic E-state index is 0.0579. The van der Waals surface area contributed by atoms with Gasteiger partial charge in [-0.05, 0) is 25.1 Å². The van der Waals surface area contributed by atoms with Gasteiger partial charge in [-0.25, -0.2) is 8.78 Å². The molecule has 0 spiro atoms. The molecule has 1 rings (SSSR count). The van der Waals surface area contributed by atoms with Crippen LogP contribution in [0.1, 0.15) is 5.56 Å². The van der Waals surface area contributed by atoms with E-state index < -0.39 is 11.6 Å². The van der Waals surface area contributed by atoms with Crippen LogP contribution in [0.4, 0.5) is 8.78 Å². The lowest BCUT2D eigenvalue weighted by Gasteiger charge is -2.04. The molecule has 4 heteroatoms. The van der Waals surface area contributed by atoms with Crippen molar-refractivity contribution in [3.63, 3.8) is 0 Å². The van der Waals surface area contributed by atoms with Gasteiger partial charge < -0.3 is 10.8 Å². The molecule has 0 fully saturated rings. The fraction of sp³-hybridized carbons (Fsp3) is 0.250. The zero-order valence-corrected chi connectivity index (χ0v) is 6.35. The molecule has 0 aliphatic heterocycles. The summed E-state index contributed by atoms with van der Waals surface area (Å²) < 4.78 is 25.4. The Kier molecular flexibility index (Phi) is 2.60. The fourth-order valence-corrected chi connectivity index (χ4v) is 0.965. The van der Waals surface area contributed by atoms with Crippen LogP contribution in [0.5, 0.6) is 5.75 Å². The number of rotatable bonds is 2. The van der Waals surface area contributed by atoms with Crippen molar-refractivity contribution in [3.05, 3.63) is 29.3 Å². The second-order valence-corrected chi connectivity index (χ2v) is 2.40. The largest absolute Gasteiger partial charge is 0.508 e. The Labute approximate surface area is 68.6 Å². The molecule has 0 saturated carbocycles. The van der Waals surface area contributed by atoms with Crippen LogP contribution in [0.15, 0.2) is 12.1 Å². The second kappa shape index (κ2) is 3.49. The van der Waals surface area contributed by atoms with Crippen LogP contribution in [0.3, 0.4) is 0 Å². The second-order valence-electron chi connectivity index (χ2n) is 2.40. The summed E-state index contributed by atoms with van der Waals surface area (Å²) in [5.41, 5.74) is 5.09. The molecule has 0 heterocycles. The van der Waals surface area contributed by atoms with E-state index in [0.717, 1.165) is 12.1 Å². The summed E-state index contributed by atoms with van der Waals surface area (Å²) >= 11 is 0. The lowest BCUT2D eigenvalue weighted by molar-refractivity contribution is 0.442. The first-order valence-corrected chi connectivity index (χ1v) is 3.52. The topological polar surface area (TPSA) is 46.2 Å². The number of phenolic OH excluding ortho intramolecular Hbond substituents is 1. The number of phenols is 1. The van der Waals surface area contributed by atoms with E-state index in [1.807, 2.05) is 0 Å².